The number of nitrogens with zero attached hydrogens (tertiary/aromatic N) is 2. The minimum absolute atomic E-state index is 0. The predicted octanol–water partition coefficient (Wildman–Crippen LogP) is 1.36. The number of carbonyl (C=O) groups excluding carboxylic acids is 1. The van der Waals surface area contributed by atoms with Crippen LogP contribution in [0.2, 0.25) is 0 Å². The number of methoxy groups -OCH3 is 1. The van der Waals surface area contributed by atoms with E-state index in [-0.39, 0.29) is 24.9 Å². The summed E-state index contributed by atoms with van der Waals surface area (Å²) in [6, 6.07) is 7.45. The number of halogens is 1. The van der Waals surface area contributed by atoms with Gasteiger partial charge in [-0.15, -0.1) is 12.4 Å². The third kappa shape index (κ3) is 5.92. The van der Waals surface area contributed by atoms with Crippen molar-refractivity contribution in [2.45, 2.75) is 0 Å². The summed E-state index contributed by atoms with van der Waals surface area (Å²) in [7, 11) is 1.61. The maximum Gasteiger partial charge on any atom is 0.317 e. The Morgan fingerprint density at radius 3 is 2.30 bits per heavy atom. The number of hydrogen-bond acceptors (Lipinski definition) is 4. The van der Waals surface area contributed by atoms with Gasteiger partial charge in [0.2, 0.25) is 5.91 Å². The number of carboxylic acid groups (broad SMARTS) is 1. The molecule has 126 valence electrons. The highest BCUT2D eigenvalue weighted by atomic mass is 35.5. The second-order valence-corrected chi connectivity index (χ2v) is 5.10. The lowest BCUT2D eigenvalue weighted by Crippen LogP contribution is -2.49. The largest absolute Gasteiger partial charge is 0.497 e. The first kappa shape index (κ1) is 19.0. The summed E-state index contributed by atoms with van der Waals surface area (Å²) in [4.78, 5) is 26.3. The average Bonchev–Trinajstić information content (AvgIpc) is 2.53. The highest BCUT2D eigenvalue weighted by molar-refractivity contribution is 5.91. The predicted molar refractivity (Wildman–Crippen MR) is 89.9 cm³/mol. The van der Waals surface area contributed by atoms with Crippen LogP contribution in [0.3, 0.4) is 0 Å². The van der Waals surface area contributed by atoms with E-state index in [2.05, 4.69) is 0 Å². The van der Waals surface area contributed by atoms with Crippen LogP contribution in [0.1, 0.15) is 5.56 Å². The van der Waals surface area contributed by atoms with Crippen LogP contribution in [-0.2, 0) is 9.59 Å². The van der Waals surface area contributed by atoms with Gasteiger partial charge in [-0.25, -0.2) is 0 Å². The van der Waals surface area contributed by atoms with Crippen molar-refractivity contribution in [3.8, 4) is 5.75 Å². The zero-order valence-corrected chi connectivity index (χ0v) is 13.8. The van der Waals surface area contributed by atoms with Crippen LogP contribution in [0.5, 0.6) is 5.75 Å². The fourth-order valence-electron chi connectivity index (χ4n) is 2.31. The summed E-state index contributed by atoms with van der Waals surface area (Å²) < 4.78 is 5.08. The topological polar surface area (TPSA) is 70.1 Å². The fraction of sp³-hybridized carbons (Fsp3) is 0.375. The highest BCUT2D eigenvalue weighted by Gasteiger charge is 2.20. The normalized spacial score (nSPS) is 15.3. The summed E-state index contributed by atoms with van der Waals surface area (Å²) >= 11 is 0. The number of benzene rings is 1. The van der Waals surface area contributed by atoms with Crippen LogP contribution >= 0.6 is 12.4 Å². The number of hydrogen-bond donors (Lipinski definition) is 1. The molecule has 1 saturated heterocycles. The van der Waals surface area contributed by atoms with Gasteiger partial charge < -0.3 is 14.7 Å². The van der Waals surface area contributed by atoms with E-state index in [0.717, 1.165) is 11.3 Å². The SMILES string of the molecule is COc1ccc(/C=C/C(=O)N2CCN(CC(=O)O)CC2)cc1.Cl. The average molecular weight is 341 g/mol. The Bertz CT molecular complexity index is 552. The first-order valence-corrected chi connectivity index (χ1v) is 7.13. The molecule has 0 saturated carbocycles. The third-order valence-corrected chi connectivity index (χ3v) is 3.58. The number of carbonyl (C=O) groups is 2. The second kappa shape index (κ2) is 9.17. The Morgan fingerprint density at radius 2 is 1.78 bits per heavy atom. The molecular weight excluding hydrogens is 320 g/mol. The molecule has 1 amide bonds. The molecular formula is C16H21ClN2O4. The first-order chi connectivity index (χ1) is 10.6. The molecule has 0 atom stereocenters. The molecule has 1 N–H and O–H groups in total. The van der Waals surface area contributed by atoms with E-state index in [1.165, 1.54) is 0 Å². The van der Waals surface area contributed by atoms with Gasteiger partial charge in [0, 0.05) is 32.3 Å². The lowest BCUT2D eigenvalue weighted by atomic mass is 10.2. The van der Waals surface area contributed by atoms with Gasteiger partial charge in [-0.05, 0) is 23.8 Å². The minimum Gasteiger partial charge on any atom is -0.497 e. The van der Waals surface area contributed by atoms with Crippen LogP contribution < -0.4 is 4.74 Å². The Morgan fingerprint density at radius 1 is 1.17 bits per heavy atom. The van der Waals surface area contributed by atoms with E-state index in [1.54, 1.807) is 24.2 Å². The van der Waals surface area contributed by atoms with Crippen LogP contribution in [0.15, 0.2) is 30.3 Å². The number of piperazine rings is 1. The zero-order chi connectivity index (χ0) is 15.9. The van der Waals surface area contributed by atoms with Crippen molar-refractivity contribution in [3.05, 3.63) is 35.9 Å². The van der Waals surface area contributed by atoms with Gasteiger partial charge in [0.15, 0.2) is 0 Å². The van der Waals surface area contributed by atoms with Crippen LogP contribution in [0.25, 0.3) is 6.08 Å². The van der Waals surface area contributed by atoms with Gasteiger partial charge in [0.25, 0.3) is 0 Å². The lowest BCUT2D eigenvalue weighted by Gasteiger charge is -2.33. The van der Waals surface area contributed by atoms with E-state index in [0.29, 0.717) is 26.2 Å². The van der Waals surface area contributed by atoms with Gasteiger partial charge in [0.1, 0.15) is 5.75 Å². The molecule has 1 aromatic rings. The molecule has 0 bridgehead atoms. The molecule has 1 aliphatic rings. The van der Waals surface area contributed by atoms with Crippen molar-refractivity contribution in [1.29, 1.82) is 0 Å². The molecule has 0 unspecified atom stereocenters. The molecule has 0 aliphatic carbocycles. The monoisotopic (exact) mass is 340 g/mol. The van der Waals surface area contributed by atoms with Crippen molar-refractivity contribution in [1.82, 2.24) is 9.80 Å². The van der Waals surface area contributed by atoms with Crippen LogP contribution in [0, 0.1) is 0 Å². The first-order valence-electron chi connectivity index (χ1n) is 7.13. The molecule has 1 heterocycles. The summed E-state index contributed by atoms with van der Waals surface area (Å²) in [5.74, 6) is -0.108. The summed E-state index contributed by atoms with van der Waals surface area (Å²) in [6.45, 7) is 2.32. The second-order valence-electron chi connectivity index (χ2n) is 5.10. The molecule has 6 nitrogen and oxygen atoms in total. The Hall–Kier alpha value is -2.05. The van der Waals surface area contributed by atoms with Gasteiger partial charge in [-0.2, -0.15) is 0 Å². The standard InChI is InChI=1S/C16H20N2O4.ClH/c1-22-14-5-2-13(3-6-14)4-7-15(19)18-10-8-17(9-11-18)12-16(20)21;/h2-7H,8-12H2,1H3,(H,20,21);1H/b7-4+;. The van der Waals surface area contributed by atoms with Crippen molar-refractivity contribution in [3.63, 3.8) is 0 Å². The van der Waals surface area contributed by atoms with Crippen molar-refractivity contribution >= 4 is 30.4 Å². The van der Waals surface area contributed by atoms with Crippen LogP contribution in [-0.4, -0.2) is 66.6 Å². The number of rotatable bonds is 5. The van der Waals surface area contributed by atoms with Gasteiger partial charge >= 0.3 is 5.97 Å². The fourth-order valence-corrected chi connectivity index (χ4v) is 2.31. The highest BCUT2D eigenvalue weighted by Crippen LogP contribution is 2.12. The third-order valence-electron chi connectivity index (χ3n) is 3.58. The van der Waals surface area contributed by atoms with E-state index >= 15 is 0 Å². The molecule has 7 heteroatoms. The molecule has 0 spiro atoms. The number of carboxylic acids is 1. The maximum absolute atomic E-state index is 12.1. The molecule has 0 radical (unpaired) electrons. The molecule has 2 rings (SSSR count). The Balaban J connectivity index is 0.00000264. The van der Waals surface area contributed by atoms with Crippen LogP contribution in [0.4, 0.5) is 0 Å². The molecule has 1 aromatic carbocycles. The molecule has 23 heavy (non-hydrogen) atoms. The zero-order valence-electron chi connectivity index (χ0n) is 13.0. The van der Waals surface area contributed by atoms with E-state index in [4.69, 9.17) is 9.84 Å². The van der Waals surface area contributed by atoms with Gasteiger partial charge in [-0.1, -0.05) is 12.1 Å². The Labute approximate surface area is 141 Å². The molecule has 0 aromatic heterocycles. The van der Waals surface area contributed by atoms with Crippen molar-refractivity contribution in [2.75, 3.05) is 39.8 Å². The van der Waals surface area contributed by atoms with Crippen molar-refractivity contribution < 1.29 is 19.4 Å². The Kier molecular flexibility index (Phi) is 7.57. The number of amides is 1. The molecule has 1 fully saturated rings. The van der Waals surface area contributed by atoms with E-state index in [1.807, 2.05) is 29.2 Å². The summed E-state index contributed by atoms with van der Waals surface area (Å²) in [5.41, 5.74) is 0.929. The lowest BCUT2D eigenvalue weighted by molar-refractivity contribution is -0.139. The molecule has 1 aliphatic heterocycles. The van der Waals surface area contributed by atoms with Crippen molar-refractivity contribution in [2.24, 2.45) is 0 Å². The van der Waals surface area contributed by atoms with E-state index in [9.17, 15) is 9.59 Å². The number of aliphatic carboxylic acids is 1. The van der Waals surface area contributed by atoms with Gasteiger partial charge in [-0.3, -0.25) is 14.5 Å². The maximum atomic E-state index is 12.1. The number of ether oxygens (including phenoxy) is 1. The van der Waals surface area contributed by atoms with Gasteiger partial charge in [0.05, 0.1) is 13.7 Å². The smallest absolute Gasteiger partial charge is 0.317 e. The summed E-state index contributed by atoms with van der Waals surface area (Å²) in [6.07, 6.45) is 3.32. The van der Waals surface area contributed by atoms with E-state index < -0.39 is 5.97 Å². The minimum atomic E-state index is -0.834. The summed E-state index contributed by atoms with van der Waals surface area (Å²) in [5, 5.41) is 8.75. The quantitative estimate of drug-likeness (QED) is 0.820.